The molecule has 0 spiro atoms. The molecule has 0 aliphatic heterocycles. The van der Waals surface area contributed by atoms with E-state index in [1.807, 2.05) is 12.1 Å². The summed E-state index contributed by atoms with van der Waals surface area (Å²) in [7, 11) is 0. The molecule has 0 aliphatic carbocycles. The maximum absolute atomic E-state index is 6.10. The van der Waals surface area contributed by atoms with Crippen LogP contribution in [-0.2, 0) is 6.42 Å². The standard InChI is InChI=1S/C13H19Cl2N/c1-3-9(2)6-12(16)8-10-7-11(14)4-5-13(10)15/h4-5,7,9,12H,3,6,8,16H2,1-2H3. The minimum Gasteiger partial charge on any atom is -0.327 e. The Morgan fingerprint density at radius 3 is 2.62 bits per heavy atom. The molecule has 2 atom stereocenters. The minimum atomic E-state index is 0.158. The highest BCUT2D eigenvalue weighted by molar-refractivity contribution is 6.33. The molecule has 1 aromatic carbocycles. The third-order valence-corrected chi connectivity index (χ3v) is 3.50. The highest BCUT2D eigenvalue weighted by atomic mass is 35.5. The highest BCUT2D eigenvalue weighted by Gasteiger charge is 2.10. The summed E-state index contributed by atoms with van der Waals surface area (Å²) in [6.45, 7) is 4.41. The molecule has 0 radical (unpaired) electrons. The molecule has 0 amide bonds. The second-order valence-corrected chi connectivity index (χ2v) is 5.29. The largest absolute Gasteiger partial charge is 0.327 e. The van der Waals surface area contributed by atoms with Gasteiger partial charge in [0.2, 0.25) is 0 Å². The molecule has 0 saturated carbocycles. The summed E-state index contributed by atoms with van der Waals surface area (Å²) in [4.78, 5) is 0. The zero-order valence-corrected chi connectivity index (χ0v) is 11.4. The van der Waals surface area contributed by atoms with Crippen LogP contribution in [0.1, 0.15) is 32.3 Å². The van der Waals surface area contributed by atoms with E-state index in [1.54, 1.807) is 6.07 Å². The van der Waals surface area contributed by atoms with Crippen LogP contribution in [-0.4, -0.2) is 6.04 Å². The van der Waals surface area contributed by atoms with E-state index < -0.39 is 0 Å². The number of benzene rings is 1. The van der Waals surface area contributed by atoms with Crippen molar-refractivity contribution < 1.29 is 0 Å². The monoisotopic (exact) mass is 259 g/mol. The molecule has 0 aliphatic rings. The van der Waals surface area contributed by atoms with Crippen LogP contribution in [0, 0.1) is 5.92 Å². The summed E-state index contributed by atoms with van der Waals surface area (Å²) < 4.78 is 0. The lowest BCUT2D eigenvalue weighted by atomic mass is 9.95. The molecule has 0 bridgehead atoms. The summed E-state index contributed by atoms with van der Waals surface area (Å²) >= 11 is 12.0. The fourth-order valence-corrected chi connectivity index (χ4v) is 2.14. The van der Waals surface area contributed by atoms with Gasteiger partial charge in [-0.1, -0.05) is 43.5 Å². The normalized spacial score (nSPS) is 14.8. The lowest BCUT2D eigenvalue weighted by Crippen LogP contribution is -2.25. The second-order valence-electron chi connectivity index (χ2n) is 4.45. The molecular formula is C13H19Cl2N. The molecule has 0 saturated heterocycles. The van der Waals surface area contributed by atoms with Crippen molar-refractivity contribution in [1.82, 2.24) is 0 Å². The Labute approximate surface area is 108 Å². The van der Waals surface area contributed by atoms with Gasteiger partial charge < -0.3 is 5.73 Å². The highest BCUT2D eigenvalue weighted by Crippen LogP contribution is 2.23. The molecule has 2 unspecified atom stereocenters. The van der Waals surface area contributed by atoms with E-state index in [9.17, 15) is 0 Å². The van der Waals surface area contributed by atoms with E-state index in [-0.39, 0.29) is 6.04 Å². The first kappa shape index (κ1) is 13.8. The van der Waals surface area contributed by atoms with Crippen molar-refractivity contribution in [2.75, 3.05) is 0 Å². The van der Waals surface area contributed by atoms with Crippen molar-refractivity contribution in [2.45, 2.75) is 39.2 Å². The van der Waals surface area contributed by atoms with Crippen LogP contribution in [0.4, 0.5) is 0 Å². The predicted octanol–water partition coefficient (Wildman–Crippen LogP) is 4.30. The smallest absolute Gasteiger partial charge is 0.0439 e. The molecule has 3 heteroatoms. The van der Waals surface area contributed by atoms with Gasteiger partial charge in [0.05, 0.1) is 0 Å². The average Bonchev–Trinajstić information content (AvgIpc) is 2.23. The molecule has 2 N–H and O–H groups in total. The van der Waals surface area contributed by atoms with Gasteiger partial charge in [0.25, 0.3) is 0 Å². The quantitative estimate of drug-likeness (QED) is 0.839. The van der Waals surface area contributed by atoms with Gasteiger partial charge in [-0.2, -0.15) is 0 Å². The zero-order valence-electron chi connectivity index (χ0n) is 9.84. The molecule has 90 valence electrons. The van der Waals surface area contributed by atoms with Crippen molar-refractivity contribution in [3.8, 4) is 0 Å². The van der Waals surface area contributed by atoms with E-state index in [0.717, 1.165) is 34.9 Å². The number of hydrogen-bond acceptors (Lipinski definition) is 1. The maximum Gasteiger partial charge on any atom is 0.0439 e. The Kier molecular flexibility index (Phi) is 5.60. The van der Waals surface area contributed by atoms with Crippen molar-refractivity contribution in [3.05, 3.63) is 33.8 Å². The Hall–Kier alpha value is -0.240. The van der Waals surface area contributed by atoms with Crippen LogP contribution in [0.2, 0.25) is 10.0 Å². The Bertz CT molecular complexity index is 339. The molecule has 0 fully saturated rings. The maximum atomic E-state index is 6.10. The fraction of sp³-hybridized carbons (Fsp3) is 0.538. The second kappa shape index (κ2) is 6.48. The van der Waals surface area contributed by atoms with Crippen molar-refractivity contribution in [3.63, 3.8) is 0 Å². The van der Waals surface area contributed by atoms with Gasteiger partial charge in [0.15, 0.2) is 0 Å². The van der Waals surface area contributed by atoms with Crippen LogP contribution in [0.15, 0.2) is 18.2 Å². The van der Waals surface area contributed by atoms with E-state index in [2.05, 4.69) is 13.8 Å². The third-order valence-electron chi connectivity index (χ3n) is 2.89. The molecule has 1 nitrogen and oxygen atoms in total. The summed E-state index contributed by atoms with van der Waals surface area (Å²) in [5.41, 5.74) is 7.15. The molecule has 0 aromatic heterocycles. The van der Waals surface area contributed by atoms with Crippen LogP contribution < -0.4 is 5.73 Å². The number of halogens is 2. The predicted molar refractivity (Wildman–Crippen MR) is 72.2 cm³/mol. The summed E-state index contributed by atoms with van der Waals surface area (Å²) in [6, 6.07) is 5.69. The lowest BCUT2D eigenvalue weighted by Gasteiger charge is -2.16. The molecule has 0 heterocycles. The fourth-order valence-electron chi connectivity index (χ4n) is 1.75. The van der Waals surface area contributed by atoms with Gasteiger partial charge in [-0.3, -0.25) is 0 Å². The molecular weight excluding hydrogens is 241 g/mol. The minimum absolute atomic E-state index is 0.158. The van der Waals surface area contributed by atoms with Crippen LogP contribution in [0.3, 0.4) is 0 Å². The number of nitrogens with two attached hydrogens (primary N) is 1. The van der Waals surface area contributed by atoms with E-state index in [0.29, 0.717) is 5.92 Å². The van der Waals surface area contributed by atoms with Gasteiger partial charge in [0, 0.05) is 16.1 Å². The number of rotatable bonds is 5. The molecule has 1 aromatic rings. The van der Waals surface area contributed by atoms with Gasteiger partial charge in [-0.05, 0) is 42.5 Å². The van der Waals surface area contributed by atoms with E-state index in [1.165, 1.54) is 0 Å². The van der Waals surface area contributed by atoms with E-state index in [4.69, 9.17) is 28.9 Å². The number of hydrogen-bond donors (Lipinski definition) is 1. The zero-order chi connectivity index (χ0) is 12.1. The topological polar surface area (TPSA) is 26.0 Å². The Balaban J connectivity index is 2.61. The van der Waals surface area contributed by atoms with Crippen LogP contribution in [0.5, 0.6) is 0 Å². The van der Waals surface area contributed by atoms with Crippen molar-refractivity contribution in [1.29, 1.82) is 0 Å². The first-order valence-corrected chi connectivity index (χ1v) is 6.48. The van der Waals surface area contributed by atoms with Crippen molar-refractivity contribution >= 4 is 23.2 Å². The SMILES string of the molecule is CCC(C)CC(N)Cc1cc(Cl)ccc1Cl. The van der Waals surface area contributed by atoms with Crippen molar-refractivity contribution in [2.24, 2.45) is 11.7 Å². The van der Waals surface area contributed by atoms with Gasteiger partial charge in [-0.25, -0.2) is 0 Å². The van der Waals surface area contributed by atoms with Gasteiger partial charge in [0.1, 0.15) is 0 Å². The average molecular weight is 260 g/mol. The summed E-state index contributed by atoms with van der Waals surface area (Å²) in [6.07, 6.45) is 2.99. The first-order chi connectivity index (χ1) is 7.52. The molecule has 16 heavy (non-hydrogen) atoms. The van der Waals surface area contributed by atoms with Crippen LogP contribution >= 0.6 is 23.2 Å². The van der Waals surface area contributed by atoms with E-state index >= 15 is 0 Å². The van der Waals surface area contributed by atoms with Crippen LogP contribution in [0.25, 0.3) is 0 Å². The first-order valence-electron chi connectivity index (χ1n) is 5.72. The third kappa shape index (κ3) is 4.32. The summed E-state index contributed by atoms with van der Waals surface area (Å²) in [5, 5.41) is 1.47. The Morgan fingerprint density at radius 1 is 1.31 bits per heavy atom. The lowest BCUT2D eigenvalue weighted by molar-refractivity contribution is 0.450. The Morgan fingerprint density at radius 2 is 2.00 bits per heavy atom. The van der Waals surface area contributed by atoms with Gasteiger partial charge >= 0.3 is 0 Å². The molecule has 1 rings (SSSR count). The van der Waals surface area contributed by atoms with Gasteiger partial charge in [-0.15, -0.1) is 0 Å². The summed E-state index contributed by atoms with van der Waals surface area (Å²) in [5.74, 6) is 0.660.